The van der Waals surface area contributed by atoms with Crippen LogP contribution in [0.1, 0.15) is 19.3 Å². The van der Waals surface area contributed by atoms with Gasteiger partial charge in [0.25, 0.3) is 0 Å². The molecule has 1 saturated carbocycles. The van der Waals surface area contributed by atoms with Crippen LogP contribution in [0.2, 0.25) is 0 Å². The Bertz CT molecular complexity index is 336. The van der Waals surface area contributed by atoms with E-state index in [1.165, 1.54) is 25.0 Å². The van der Waals surface area contributed by atoms with Crippen molar-refractivity contribution < 1.29 is 4.74 Å². The number of nitrogens with two attached hydrogens (primary N) is 1. The summed E-state index contributed by atoms with van der Waals surface area (Å²) in [7, 11) is 1.69. The Morgan fingerprint density at radius 1 is 1.47 bits per heavy atom. The molecular weight excluding hydrogens is 206 g/mol. The molecule has 0 bridgehead atoms. The van der Waals surface area contributed by atoms with Crippen LogP contribution in [-0.4, -0.2) is 12.9 Å². The second kappa shape index (κ2) is 4.79. The van der Waals surface area contributed by atoms with Gasteiger partial charge in [-0.05, 0) is 37.0 Å². The Morgan fingerprint density at radius 2 is 2.27 bits per heavy atom. The zero-order chi connectivity index (χ0) is 10.7. The highest BCUT2D eigenvalue weighted by atomic mass is 32.2. The highest BCUT2D eigenvalue weighted by molar-refractivity contribution is 7.99. The first kappa shape index (κ1) is 10.7. The summed E-state index contributed by atoms with van der Waals surface area (Å²) in [4.78, 5) is 1.15. The van der Waals surface area contributed by atoms with E-state index in [1.54, 1.807) is 7.11 Å². The molecule has 1 aliphatic carbocycles. The van der Waals surface area contributed by atoms with Crippen LogP contribution in [0.3, 0.4) is 0 Å². The molecule has 1 aromatic rings. The summed E-state index contributed by atoms with van der Waals surface area (Å²) in [6.07, 6.45) is 4.17. The molecule has 0 heterocycles. The van der Waals surface area contributed by atoms with Gasteiger partial charge < -0.3 is 10.5 Å². The molecule has 0 unspecified atom stereocenters. The van der Waals surface area contributed by atoms with Gasteiger partial charge in [0.1, 0.15) is 5.75 Å². The van der Waals surface area contributed by atoms with Crippen molar-refractivity contribution >= 4 is 17.4 Å². The fourth-order valence-corrected chi connectivity index (χ4v) is 2.82. The minimum absolute atomic E-state index is 0.861. The van der Waals surface area contributed by atoms with Crippen molar-refractivity contribution in [3.8, 4) is 5.75 Å². The van der Waals surface area contributed by atoms with Gasteiger partial charge in [0.05, 0.1) is 7.11 Å². The highest BCUT2D eigenvalue weighted by Gasteiger charge is 2.17. The second-order valence-electron chi connectivity index (χ2n) is 4.01. The van der Waals surface area contributed by atoms with Gasteiger partial charge in [-0.25, -0.2) is 0 Å². The van der Waals surface area contributed by atoms with E-state index in [1.807, 2.05) is 30.0 Å². The standard InChI is InChI=1S/C12H17NOS/c1-14-10-5-6-11(13)12(7-10)15-8-9-3-2-4-9/h5-7,9H,2-4,8,13H2,1H3. The summed E-state index contributed by atoms with van der Waals surface area (Å²) in [5.74, 6) is 2.98. The number of hydrogen-bond acceptors (Lipinski definition) is 3. The third-order valence-electron chi connectivity index (χ3n) is 2.92. The van der Waals surface area contributed by atoms with Crippen LogP contribution in [0.4, 0.5) is 5.69 Å². The lowest BCUT2D eigenvalue weighted by Gasteiger charge is -2.24. The lowest BCUT2D eigenvalue weighted by molar-refractivity contribution is 0.353. The van der Waals surface area contributed by atoms with Crippen molar-refractivity contribution in [1.82, 2.24) is 0 Å². The maximum Gasteiger partial charge on any atom is 0.120 e. The van der Waals surface area contributed by atoms with Crippen LogP contribution in [0, 0.1) is 5.92 Å². The number of nitrogen functional groups attached to an aromatic ring is 1. The van der Waals surface area contributed by atoms with E-state index < -0.39 is 0 Å². The van der Waals surface area contributed by atoms with Gasteiger partial charge in [-0.15, -0.1) is 11.8 Å². The zero-order valence-corrected chi connectivity index (χ0v) is 9.85. The monoisotopic (exact) mass is 223 g/mol. The molecule has 2 N–H and O–H groups in total. The number of hydrogen-bond donors (Lipinski definition) is 1. The molecule has 1 fully saturated rings. The van der Waals surface area contributed by atoms with Crippen molar-refractivity contribution in [2.24, 2.45) is 5.92 Å². The van der Waals surface area contributed by atoms with Gasteiger partial charge in [0, 0.05) is 16.3 Å². The molecule has 0 aromatic heterocycles. The van der Waals surface area contributed by atoms with Crippen LogP contribution in [0.15, 0.2) is 23.1 Å². The maximum absolute atomic E-state index is 5.91. The van der Waals surface area contributed by atoms with E-state index in [9.17, 15) is 0 Å². The lowest BCUT2D eigenvalue weighted by Crippen LogP contribution is -2.13. The minimum atomic E-state index is 0.861. The smallest absolute Gasteiger partial charge is 0.120 e. The Morgan fingerprint density at radius 3 is 2.87 bits per heavy atom. The lowest BCUT2D eigenvalue weighted by atomic mass is 9.87. The molecule has 2 rings (SSSR count). The van der Waals surface area contributed by atoms with Crippen molar-refractivity contribution in [2.75, 3.05) is 18.6 Å². The van der Waals surface area contributed by atoms with Gasteiger partial charge in [0.15, 0.2) is 0 Å². The van der Waals surface area contributed by atoms with E-state index in [2.05, 4.69) is 0 Å². The third-order valence-corrected chi connectivity index (χ3v) is 4.22. The topological polar surface area (TPSA) is 35.2 Å². The van der Waals surface area contributed by atoms with Crippen LogP contribution in [0.25, 0.3) is 0 Å². The first-order valence-corrected chi connectivity index (χ1v) is 6.34. The fourth-order valence-electron chi connectivity index (χ4n) is 1.63. The maximum atomic E-state index is 5.91. The van der Waals surface area contributed by atoms with Gasteiger partial charge >= 0.3 is 0 Å². The van der Waals surface area contributed by atoms with Crippen molar-refractivity contribution in [3.05, 3.63) is 18.2 Å². The van der Waals surface area contributed by atoms with Crippen LogP contribution in [-0.2, 0) is 0 Å². The first-order valence-electron chi connectivity index (χ1n) is 5.36. The van der Waals surface area contributed by atoms with Crippen LogP contribution < -0.4 is 10.5 Å². The minimum Gasteiger partial charge on any atom is -0.497 e. The zero-order valence-electron chi connectivity index (χ0n) is 9.03. The number of rotatable bonds is 4. The number of ether oxygens (including phenoxy) is 1. The predicted octanol–water partition coefficient (Wildman–Crippen LogP) is 3.17. The quantitative estimate of drug-likeness (QED) is 0.629. The first-order chi connectivity index (χ1) is 7.29. The number of benzene rings is 1. The normalized spacial score (nSPS) is 16.1. The van der Waals surface area contributed by atoms with Gasteiger partial charge in [-0.1, -0.05) is 6.42 Å². The van der Waals surface area contributed by atoms with Crippen LogP contribution in [0.5, 0.6) is 5.75 Å². The van der Waals surface area contributed by atoms with E-state index in [0.29, 0.717) is 0 Å². The third kappa shape index (κ3) is 2.59. The molecule has 82 valence electrons. The molecule has 3 heteroatoms. The molecule has 0 aliphatic heterocycles. The molecule has 15 heavy (non-hydrogen) atoms. The highest BCUT2D eigenvalue weighted by Crippen LogP contribution is 2.35. The molecule has 1 aromatic carbocycles. The average molecular weight is 223 g/mol. The fraction of sp³-hybridized carbons (Fsp3) is 0.500. The largest absolute Gasteiger partial charge is 0.497 e. The Hall–Kier alpha value is -0.830. The summed E-state index contributed by atoms with van der Waals surface area (Å²) >= 11 is 1.86. The molecule has 1 aliphatic rings. The molecule has 0 radical (unpaired) electrons. The molecular formula is C12H17NOS. The average Bonchev–Trinajstić information content (AvgIpc) is 2.18. The summed E-state index contributed by atoms with van der Waals surface area (Å²) in [5.41, 5.74) is 6.77. The summed E-state index contributed by atoms with van der Waals surface area (Å²) in [5, 5.41) is 0. The number of anilines is 1. The van der Waals surface area contributed by atoms with Crippen molar-refractivity contribution in [2.45, 2.75) is 24.2 Å². The second-order valence-corrected chi connectivity index (χ2v) is 5.07. The van der Waals surface area contributed by atoms with Crippen molar-refractivity contribution in [1.29, 1.82) is 0 Å². The van der Waals surface area contributed by atoms with E-state index in [0.717, 1.165) is 22.3 Å². The van der Waals surface area contributed by atoms with Gasteiger partial charge in [-0.2, -0.15) is 0 Å². The molecule has 0 atom stereocenters. The summed E-state index contributed by atoms with van der Waals surface area (Å²) in [6, 6.07) is 5.85. The number of thioether (sulfide) groups is 1. The Labute approximate surface area is 95.2 Å². The van der Waals surface area contributed by atoms with E-state index in [4.69, 9.17) is 10.5 Å². The molecule has 2 nitrogen and oxygen atoms in total. The molecule has 0 amide bonds. The summed E-state index contributed by atoms with van der Waals surface area (Å²) < 4.78 is 5.19. The molecule has 0 saturated heterocycles. The van der Waals surface area contributed by atoms with Gasteiger partial charge in [0.2, 0.25) is 0 Å². The predicted molar refractivity (Wildman–Crippen MR) is 65.5 cm³/mol. The molecule has 0 spiro atoms. The van der Waals surface area contributed by atoms with Crippen molar-refractivity contribution in [3.63, 3.8) is 0 Å². The number of methoxy groups -OCH3 is 1. The van der Waals surface area contributed by atoms with E-state index in [-0.39, 0.29) is 0 Å². The van der Waals surface area contributed by atoms with Crippen LogP contribution >= 0.6 is 11.8 Å². The SMILES string of the molecule is COc1ccc(N)c(SCC2CCC2)c1. The summed E-state index contributed by atoms with van der Waals surface area (Å²) in [6.45, 7) is 0. The Kier molecular flexibility index (Phi) is 3.41. The van der Waals surface area contributed by atoms with E-state index >= 15 is 0 Å². The Balaban J connectivity index is 1.98. The van der Waals surface area contributed by atoms with Gasteiger partial charge in [-0.3, -0.25) is 0 Å².